The van der Waals surface area contributed by atoms with Crippen molar-refractivity contribution in [2.75, 3.05) is 6.61 Å². The van der Waals surface area contributed by atoms with E-state index in [4.69, 9.17) is 4.74 Å². The normalized spacial score (nSPS) is 20.9. The molecule has 1 saturated heterocycles. The van der Waals surface area contributed by atoms with Gasteiger partial charge in [-0.2, -0.15) is 0 Å². The molecule has 1 atom stereocenters. The Morgan fingerprint density at radius 3 is 3.25 bits per heavy atom. The van der Waals surface area contributed by atoms with Crippen LogP contribution in [0.1, 0.15) is 5.69 Å². The first kappa shape index (κ1) is 7.49. The van der Waals surface area contributed by atoms with Crippen LogP contribution in [0.5, 0.6) is 0 Å². The average Bonchev–Trinajstić information content (AvgIpc) is 2.83. The Hall–Kier alpha value is -1.16. The second-order valence-electron chi connectivity index (χ2n) is 2.93. The molecular weight excluding hydrogens is 156 g/mol. The molecule has 0 aliphatic carbocycles. The van der Waals surface area contributed by atoms with E-state index in [0.29, 0.717) is 12.2 Å². The molecule has 0 amide bonds. The van der Waals surface area contributed by atoms with E-state index in [0.717, 1.165) is 6.61 Å². The summed E-state index contributed by atoms with van der Waals surface area (Å²) in [4.78, 5) is 15.3. The quantitative estimate of drug-likeness (QED) is 0.579. The van der Waals surface area contributed by atoms with E-state index in [1.54, 1.807) is 23.9 Å². The van der Waals surface area contributed by atoms with E-state index in [9.17, 15) is 4.79 Å². The molecule has 64 valence electrons. The van der Waals surface area contributed by atoms with Crippen LogP contribution < -0.4 is 5.56 Å². The fourth-order valence-electron chi connectivity index (χ4n) is 1.09. The van der Waals surface area contributed by atoms with Gasteiger partial charge in [-0.05, 0) is 6.92 Å². The highest BCUT2D eigenvalue weighted by Gasteiger charge is 2.23. The summed E-state index contributed by atoms with van der Waals surface area (Å²) in [7, 11) is 0. The number of ether oxygens (including phenoxy) is 1. The molecule has 2 heterocycles. The first-order chi connectivity index (χ1) is 5.77. The molecule has 1 fully saturated rings. The van der Waals surface area contributed by atoms with E-state index in [2.05, 4.69) is 4.98 Å². The van der Waals surface area contributed by atoms with E-state index >= 15 is 0 Å². The minimum absolute atomic E-state index is 0.0204. The van der Waals surface area contributed by atoms with Gasteiger partial charge >= 0.3 is 0 Å². The fourth-order valence-corrected chi connectivity index (χ4v) is 1.09. The van der Waals surface area contributed by atoms with Crippen molar-refractivity contribution in [2.24, 2.45) is 0 Å². The van der Waals surface area contributed by atoms with Crippen LogP contribution in [0.15, 0.2) is 17.2 Å². The maximum absolute atomic E-state index is 11.4. The SMILES string of the molecule is Cc1nccn(C[C@H]2CO2)c1=O. The molecule has 1 aliphatic rings. The van der Waals surface area contributed by atoms with E-state index in [-0.39, 0.29) is 11.7 Å². The van der Waals surface area contributed by atoms with Crippen molar-refractivity contribution in [1.82, 2.24) is 9.55 Å². The van der Waals surface area contributed by atoms with Gasteiger partial charge in [0.15, 0.2) is 0 Å². The fraction of sp³-hybridized carbons (Fsp3) is 0.500. The number of aryl methyl sites for hydroxylation is 1. The average molecular weight is 166 g/mol. The molecule has 0 bridgehead atoms. The Morgan fingerprint density at radius 2 is 2.58 bits per heavy atom. The zero-order valence-corrected chi connectivity index (χ0v) is 6.86. The summed E-state index contributed by atoms with van der Waals surface area (Å²) in [5.74, 6) is 0. The smallest absolute Gasteiger partial charge is 0.272 e. The summed E-state index contributed by atoms with van der Waals surface area (Å²) in [5, 5.41) is 0. The predicted octanol–water partition coefficient (Wildman–Crippen LogP) is -0.0495. The summed E-state index contributed by atoms with van der Waals surface area (Å²) >= 11 is 0. The largest absolute Gasteiger partial charge is 0.371 e. The monoisotopic (exact) mass is 166 g/mol. The van der Waals surface area contributed by atoms with Crippen LogP contribution in [0.4, 0.5) is 0 Å². The van der Waals surface area contributed by atoms with Crippen LogP contribution in [-0.2, 0) is 11.3 Å². The van der Waals surface area contributed by atoms with Gasteiger partial charge in [0, 0.05) is 12.4 Å². The van der Waals surface area contributed by atoms with Gasteiger partial charge in [0.05, 0.1) is 19.3 Å². The van der Waals surface area contributed by atoms with E-state index < -0.39 is 0 Å². The molecule has 0 radical (unpaired) electrons. The van der Waals surface area contributed by atoms with Gasteiger partial charge in [0.2, 0.25) is 0 Å². The predicted molar refractivity (Wildman–Crippen MR) is 43.0 cm³/mol. The van der Waals surface area contributed by atoms with Gasteiger partial charge in [-0.25, -0.2) is 0 Å². The lowest BCUT2D eigenvalue weighted by Gasteiger charge is -2.01. The van der Waals surface area contributed by atoms with Crippen molar-refractivity contribution in [2.45, 2.75) is 19.6 Å². The molecular formula is C8H10N2O2. The number of epoxide rings is 1. The summed E-state index contributed by atoms with van der Waals surface area (Å²) in [5.41, 5.74) is 0.520. The third-order valence-electron chi connectivity index (χ3n) is 1.89. The van der Waals surface area contributed by atoms with Crippen LogP contribution >= 0.6 is 0 Å². The number of nitrogens with zero attached hydrogens (tertiary/aromatic N) is 2. The molecule has 0 saturated carbocycles. The summed E-state index contributed by atoms with van der Waals surface area (Å²) in [6.45, 7) is 3.14. The molecule has 1 aromatic rings. The molecule has 0 N–H and O–H groups in total. The van der Waals surface area contributed by atoms with Gasteiger partial charge in [-0.3, -0.25) is 9.78 Å². The Balaban J connectivity index is 2.29. The zero-order chi connectivity index (χ0) is 8.55. The van der Waals surface area contributed by atoms with Crippen molar-refractivity contribution in [3.05, 3.63) is 28.4 Å². The maximum Gasteiger partial charge on any atom is 0.272 e. The Labute approximate surface area is 69.8 Å². The van der Waals surface area contributed by atoms with Gasteiger partial charge in [0.1, 0.15) is 5.69 Å². The van der Waals surface area contributed by atoms with Crippen LogP contribution in [-0.4, -0.2) is 22.3 Å². The number of hydrogen-bond donors (Lipinski definition) is 0. The van der Waals surface area contributed by atoms with Crippen molar-refractivity contribution >= 4 is 0 Å². The van der Waals surface area contributed by atoms with Crippen molar-refractivity contribution in [3.63, 3.8) is 0 Å². The first-order valence-corrected chi connectivity index (χ1v) is 3.91. The van der Waals surface area contributed by atoms with E-state index in [1.165, 1.54) is 0 Å². The van der Waals surface area contributed by atoms with Gasteiger partial charge in [0.25, 0.3) is 5.56 Å². The first-order valence-electron chi connectivity index (χ1n) is 3.91. The lowest BCUT2D eigenvalue weighted by Crippen LogP contribution is -2.24. The van der Waals surface area contributed by atoms with Crippen molar-refractivity contribution in [3.8, 4) is 0 Å². The summed E-state index contributed by atoms with van der Waals surface area (Å²) < 4.78 is 6.67. The Morgan fingerprint density at radius 1 is 1.83 bits per heavy atom. The lowest BCUT2D eigenvalue weighted by atomic mass is 10.4. The van der Waals surface area contributed by atoms with Crippen LogP contribution in [0.25, 0.3) is 0 Å². The molecule has 2 rings (SSSR count). The second kappa shape index (κ2) is 2.71. The highest BCUT2D eigenvalue weighted by atomic mass is 16.6. The highest BCUT2D eigenvalue weighted by Crippen LogP contribution is 2.09. The lowest BCUT2D eigenvalue weighted by molar-refractivity contribution is 0.379. The second-order valence-corrected chi connectivity index (χ2v) is 2.93. The minimum Gasteiger partial charge on any atom is -0.371 e. The molecule has 4 heteroatoms. The molecule has 4 nitrogen and oxygen atoms in total. The third-order valence-corrected chi connectivity index (χ3v) is 1.89. The van der Waals surface area contributed by atoms with Crippen LogP contribution in [0, 0.1) is 6.92 Å². The molecule has 1 aromatic heterocycles. The van der Waals surface area contributed by atoms with Crippen LogP contribution in [0.3, 0.4) is 0 Å². The molecule has 0 aromatic carbocycles. The topological polar surface area (TPSA) is 47.4 Å². The van der Waals surface area contributed by atoms with Gasteiger partial charge < -0.3 is 9.30 Å². The highest BCUT2D eigenvalue weighted by molar-refractivity contribution is 4.95. The number of rotatable bonds is 2. The molecule has 0 spiro atoms. The van der Waals surface area contributed by atoms with Gasteiger partial charge in [-0.15, -0.1) is 0 Å². The Bertz CT molecular complexity index is 341. The van der Waals surface area contributed by atoms with Crippen molar-refractivity contribution in [1.29, 1.82) is 0 Å². The van der Waals surface area contributed by atoms with Crippen LogP contribution in [0.2, 0.25) is 0 Å². The summed E-state index contributed by atoms with van der Waals surface area (Å²) in [6.07, 6.45) is 3.57. The van der Waals surface area contributed by atoms with E-state index in [1.807, 2.05) is 0 Å². The molecule has 1 aliphatic heterocycles. The number of hydrogen-bond acceptors (Lipinski definition) is 3. The number of aromatic nitrogens is 2. The standard InChI is InChI=1S/C8H10N2O2/c1-6-8(11)10(3-2-9-6)4-7-5-12-7/h2-3,7H,4-5H2,1H3/t7-/m0/s1. The zero-order valence-electron chi connectivity index (χ0n) is 6.86. The van der Waals surface area contributed by atoms with Gasteiger partial charge in [-0.1, -0.05) is 0 Å². The minimum atomic E-state index is -0.0204. The Kier molecular flexibility index (Phi) is 1.69. The molecule has 12 heavy (non-hydrogen) atoms. The third kappa shape index (κ3) is 1.38. The maximum atomic E-state index is 11.4. The molecule has 0 unspecified atom stereocenters. The summed E-state index contributed by atoms with van der Waals surface area (Å²) in [6, 6.07) is 0. The van der Waals surface area contributed by atoms with Crippen molar-refractivity contribution < 1.29 is 4.74 Å².